The SMILES string of the molecule is CC1(C)COC(/C=C/[N+](=O)[O-])OC1. The van der Waals surface area contributed by atoms with Gasteiger partial charge >= 0.3 is 0 Å². The van der Waals surface area contributed by atoms with Crippen molar-refractivity contribution in [2.45, 2.75) is 20.1 Å². The van der Waals surface area contributed by atoms with Crippen LogP contribution in [0.2, 0.25) is 0 Å². The summed E-state index contributed by atoms with van der Waals surface area (Å²) in [5.41, 5.74) is -0.00104. The normalized spacial score (nSPS) is 23.5. The van der Waals surface area contributed by atoms with E-state index < -0.39 is 11.2 Å². The van der Waals surface area contributed by atoms with E-state index in [-0.39, 0.29) is 5.41 Å². The van der Waals surface area contributed by atoms with Crippen LogP contribution in [-0.2, 0) is 9.47 Å². The molecule has 0 amide bonds. The molecule has 0 saturated carbocycles. The van der Waals surface area contributed by atoms with Gasteiger partial charge in [0.25, 0.3) is 0 Å². The van der Waals surface area contributed by atoms with Crippen LogP contribution >= 0.6 is 0 Å². The Morgan fingerprint density at radius 3 is 2.46 bits per heavy atom. The number of hydrogen-bond donors (Lipinski definition) is 0. The van der Waals surface area contributed by atoms with E-state index in [9.17, 15) is 10.1 Å². The lowest BCUT2D eigenvalue weighted by Gasteiger charge is -2.32. The van der Waals surface area contributed by atoms with Crippen LogP contribution in [0.4, 0.5) is 0 Å². The quantitative estimate of drug-likeness (QED) is 0.481. The Labute approximate surface area is 76.5 Å². The summed E-state index contributed by atoms with van der Waals surface area (Å²) in [4.78, 5) is 9.44. The first-order valence-corrected chi connectivity index (χ1v) is 4.05. The Morgan fingerprint density at radius 2 is 2.00 bits per heavy atom. The van der Waals surface area contributed by atoms with Gasteiger partial charge in [-0.1, -0.05) is 13.8 Å². The van der Waals surface area contributed by atoms with Crippen molar-refractivity contribution in [3.63, 3.8) is 0 Å². The maximum Gasteiger partial charge on any atom is 0.235 e. The average molecular weight is 187 g/mol. The van der Waals surface area contributed by atoms with Crippen molar-refractivity contribution >= 4 is 0 Å². The lowest BCUT2D eigenvalue weighted by atomic mass is 9.96. The van der Waals surface area contributed by atoms with Crippen LogP contribution < -0.4 is 0 Å². The van der Waals surface area contributed by atoms with E-state index in [2.05, 4.69) is 0 Å². The Bertz CT molecular complexity index is 214. The molecule has 74 valence electrons. The van der Waals surface area contributed by atoms with E-state index in [1.54, 1.807) is 0 Å². The first-order valence-electron chi connectivity index (χ1n) is 4.05. The Morgan fingerprint density at radius 1 is 1.46 bits per heavy atom. The molecule has 5 nitrogen and oxygen atoms in total. The van der Waals surface area contributed by atoms with E-state index in [0.29, 0.717) is 13.2 Å². The molecule has 0 bridgehead atoms. The molecular weight excluding hydrogens is 174 g/mol. The molecule has 0 radical (unpaired) electrons. The molecule has 1 aliphatic rings. The average Bonchev–Trinajstić information content (AvgIpc) is 2.02. The zero-order valence-electron chi connectivity index (χ0n) is 7.73. The maximum absolute atomic E-state index is 9.98. The van der Waals surface area contributed by atoms with Gasteiger partial charge in [0.1, 0.15) is 0 Å². The monoisotopic (exact) mass is 187 g/mol. The molecule has 0 N–H and O–H groups in total. The van der Waals surface area contributed by atoms with Crippen molar-refractivity contribution in [1.82, 2.24) is 0 Å². The molecule has 13 heavy (non-hydrogen) atoms. The van der Waals surface area contributed by atoms with Gasteiger partial charge in [-0.15, -0.1) is 0 Å². The topological polar surface area (TPSA) is 61.6 Å². The summed E-state index contributed by atoms with van der Waals surface area (Å²) in [5, 5.41) is 9.98. The molecule has 1 heterocycles. The standard InChI is InChI=1S/C8H13NO4/c1-8(2)5-12-7(13-6-8)3-4-9(10)11/h3-4,7H,5-6H2,1-2H3/b4-3+. The number of nitro groups is 1. The highest BCUT2D eigenvalue weighted by Gasteiger charge is 2.27. The van der Waals surface area contributed by atoms with Gasteiger partial charge in [0.2, 0.25) is 6.20 Å². The van der Waals surface area contributed by atoms with Crippen LogP contribution in [0.3, 0.4) is 0 Å². The molecular formula is C8H13NO4. The first kappa shape index (κ1) is 10.1. The third kappa shape index (κ3) is 3.52. The number of hydrogen-bond acceptors (Lipinski definition) is 4. The third-order valence-electron chi connectivity index (χ3n) is 1.64. The van der Waals surface area contributed by atoms with Crippen molar-refractivity contribution in [3.8, 4) is 0 Å². The summed E-state index contributed by atoms with van der Waals surface area (Å²) in [6.07, 6.45) is 1.57. The molecule has 0 aromatic rings. The van der Waals surface area contributed by atoms with Crippen LogP contribution in [0.5, 0.6) is 0 Å². The summed E-state index contributed by atoms with van der Waals surface area (Å²) in [6.45, 7) is 5.14. The highest BCUT2D eigenvalue weighted by atomic mass is 16.7. The van der Waals surface area contributed by atoms with Gasteiger partial charge in [0, 0.05) is 11.5 Å². The Balaban J connectivity index is 2.37. The summed E-state index contributed by atoms with van der Waals surface area (Å²) < 4.78 is 10.5. The van der Waals surface area contributed by atoms with Crippen molar-refractivity contribution in [3.05, 3.63) is 22.4 Å². The van der Waals surface area contributed by atoms with Crippen molar-refractivity contribution in [1.29, 1.82) is 0 Å². The van der Waals surface area contributed by atoms with Gasteiger partial charge in [-0.05, 0) is 0 Å². The second-order valence-corrected chi connectivity index (χ2v) is 3.78. The molecule has 5 heteroatoms. The van der Waals surface area contributed by atoms with Gasteiger partial charge in [0.05, 0.1) is 18.1 Å². The minimum Gasteiger partial charge on any atom is -0.348 e. The van der Waals surface area contributed by atoms with Crippen molar-refractivity contribution in [2.24, 2.45) is 5.41 Å². The second kappa shape index (κ2) is 3.85. The molecule has 0 aromatic carbocycles. The summed E-state index contributed by atoms with van der Waals surface area (Å²) in [5.74, 6) is 0. The van der Waals surface area contributed by atoms with Crippen LogP contribution in [0, 0.1) is 15.5 Å². The number of rotatable bonds is 2. The van der Waals surface area contributed by atoms with E-state index in [4.69, 9.17) is 9.47 Å². The predicted molar refractivity (Wildman–Crippen MR) is 45.6 cm³/mol. The van der Waals surface area contributed by atoms with Crippen LogP contribution in [0.1, 0.15) is 13.8 Å². The van der Waals surface area contributed by atoms with E-state index >= 15 is 0 Å². The zero-order valence-corrected chi connectivity index (χ0v) is 7.73. The minimum absolute atomic E-state index is 0.00104. The molecule has 0 spiro atoms. The highest BCUT2D eigenvalue weighted by Crippen LogP contribution is 2.23. The predicted octanol–water partition coefficient (Wildman–Crippen LogP) is 1.18. The van der Waals surface area contributed by atoms with Crippen LogP contribution in [0.15, 0.2) is 12.3 Å². The fourth-order valence-corrected chi connectivity index (χ4v) is 0.957. The molecule has 0 unspecified atom stereocenters. The van der Waals surface area contributed by atoms with E-state index in [1.165, 1.54) is 6.08 Å². The molecule has 1 fully saturated rings. The number of ether oxygens (including phenoxy) is 2. The molecule has 1 aliphatic heterocycles. The fraction of sp³-hybridized carbons (Fsp3) is 0.750. The van der Waals surface area contributed by atoms with E-state index in [1.807, 2.05) is 13.8 Å². The van der Waals surface area contributed by atoms with Gasteiger partial charge in [0.15, 0.2) is 6.29 Å². The molecule has 1 saturated heterocycles. The maximum atomic E-state index is 9.98. The molecule has 0 aliphatic carbocycles. The van der Waals surface area contributed by atoms with E-state index in [0.717, 1.165) is 6.20 Å². The largest absolute Gasteiger partial charge is 0.348 e. The first-order chi connectivity index (χ1) is 5.99. The molecule has 0 aromatic heterocycles. The Hall–Kier alpha value is -0.940. The van der Waals surface area contributed by atoms with Crippen molar-refractivity contribution < 1.29 is 14.4 Å². The van der Waals surface area contributed by atoms with Gasteiger partial charge in [-0.25, -0.2) is 0 Å². The highest BCUT2D eigenvalue weighted by molar-refractivity contribution is 4.82. The van der Waals surface area contributed by atoms with Crippen molar-refractivity contribution in [2.75, 3.05) is 13.2 Å². The summed E-state index contributed by atoms with van der Waals surface area (Å²) >= 11 is 0. The summed E-state index contributed by atoms with van der Waals surface area (Å²) in [7, 11) is 0. The molecule has 1 rings (SSSR count). The second-order valence-electron chi connectivity index (χ2n) is 3.78. The van der Waals surface area contributed by atoms with Gasteiger partial charge in [-0.3, -0.25) is 10.1 Å². The smallest absolute Gasteiger partial charge is 0.235 e. The molecule has 0 atom stereocenters. The third-order valence-corrected chi connectivity index (χ3v) is 1.64. The fourth-order valence-electron chi connectivity index (χ4n) is 0.957. The Kier molecular flexibility index (Phi) is 3.00. The van der Waals surface area contributed by atoms with Crippen LogP contribution in [-0.4, -0.2) is 24.4 Å². The zero-order chi connectivity index (χ0) is 9.90. The summed E-state index contributed by atoms with van der Waals surface area (Å²) in [6, 6.07) is 0. The lowest BCUT2D eigenvalue weighted by Crippen LogP contribution is -2.36. The lowest BCUT2D eigenvalue weighted by molar-refractivity contribution is -0.403. The van der Waals surface area contributed by atoms with Crippen LogP contribution in [0.25, 0.3) is 0 Å². The van der Waals surface area contributed by atoms with Gasteiger partial charge in [-0.2, -0.15) is 0 Å². The van der Waals surface area contributed by atoms with Gasteiger partial charge < -0.3 is 9.47 Å². The number of nitrogens with zero attached hydrogens (tertiary/aromatic N) is 1. The minimum atomic E-state index is -0.571.